The van der Waals surface area contributed by atoms with Gasteiger partial charge in [-0.05, 0) is 129 Å². The number of carboxylic acid groups (broad SMARTS) is 1. The number of fused-ring (bicyclic) bond motifs is 7. The summed E-state index contributed by atoms with van der Waals surface area (Å²) in [6.07, 6.45) is 12.5. The van der Waals surface area contributed by atoms with Crippen molar-refractivity contribution in [1.29, 1.82) is 0 Å². The number of nitrogens with one attached hydrogen (secondary N) is 1. The number of oxime groups is 1. The van der Waals surface area contributed by atoms with Gasteiger partial charge in [-0.1, -0.05) is 70.4 Å². The average Bonchev–Trinajstić information content (AvgIpc) is 3.58. The van der Waals surface area contributed by atoms with Gasteiger partial charge in [0, 0.05) is 41.3 Å². The van der Waals surface area contributed by atoms with Crippen LogP contribution in [0, 0.1) is 57.2 Å². The topological polar surface area (TPSA) is 215 Å². The molecule has 15 heteroatoms. The van der Waals surface area contributed by atoms with E-state index in [4.69, 9.17) is 19.8 Å². The Balaban J connectivity index is 0.917. The van der Waals surface area contributed by atoms with E-state index in [1.54, 1.807) is 6.92 Å². The number of esters is 1. The summed E-state index contributed by atoms with van der Waals surface area (Å²) in [7, 11) is 0. The minimum Gasteiger partial charge on any atom is -0.481 e. The number of rotatable bonds is 11. The summed E-state index contributed by atoms with van der Waals surface area (Å²) in [6, 6.07) is -0.690. The normalized spacial score (nSPS) is 37.8. The van der Waals surface area contributed by atoms with Gasteiger partial charge in [0.05, 0.1) is 17.2 Å². The van der Waals surface area contributed by atoms with E-state index >= 15 is 0 Å². The van der Waals surface area contributed by atoms with Crippen molar-refractivity contribution in [3.8, 4) is 0 Å². The van der Waals surface area contributed by atoms with Crippen LogP contribution < -0.4 is 11.2 Å². The molecular formula is C46H66N6O9. The molecule has 1 saturated heterocycles. The first-order valence-corrected chi connectivity index (χ1v) is 22.5. The fraction of sp³-hybridized carbons (Fsp3) is 0.783. The molecule has 1 aliphatic heterocycles. The highest BCUT2D eigenvalue weighted by molar-refractivity contribution is 5.91. The van der Waals surface area contributed by atoms with Crippen LogP contribution in [0.2, 0.25) is 0 Å². The highest BCUT2D eigenvalue weighted by atomic mass is 16.7. The first-order chi connectivity index (χ1) is 28.6. The van der Waals surface area contributed by atoms with Gasteiger partial charge in [0.2, 0.25) is 0 Å². The molecule has 10 atom stereocenters. The van der Waals surface area contributed by atoms with Gasteiger partial charge in [0.15, 0.2) is 0 Å². The van der Waals surface area contributed by atoms with E-state index in [-0.39, 0.29) is 58.9 Å². The standard InChI is InChI=1S/C46H66N6O9/c1-27-25-52(40(58)48-38(27)55)35-23-30(49-51-47)31(60-35)26-59-36(53)11-9-10-12-37(54)61-50-34-16-17-43(6)32(42(34,4)5)15-18-45(8)33(43)14-13-28-29-24-41(2,3)19-21-46(29,39(56)57)22-20-44(28,45)7/h13,25,29-33,35H,9-12,14-24,26H2,1-8H3,(H,56,57)(H,48,55,58)/b50-34-/t29-,30-,31+,32-,33+,35+,43-,44+,45+,46-/m0/s1. The number of allylic oxidation sites excluding steroid dienone is 2. The van der Waals surface area contributed by atoms with Gasteiger partial charge in [-0.3, -0.25) is 23.9 Å². The molecule has 0 spiro atoms. The van der Waals surface area contributed by atoms with Crippen LogP contribution >= 0.6 is 0 Å². The van der Waals surface area contributed by atoms with Crippen molar-refractivity contribution in [2.24, 2.45) is 60.5 Å². The Morgan fingerprint density at radius 2 is 1.69 bits per heavy atom. The fourth-order valence-corrected chi connectivity index (χ4v) is 13.6. The lowest BCUT2D eigenvalue weighted by Gasteiger charge is -2.70. The summed E-state index contributed by atoms with van der Waals surface area (Å²) in [5, 5.41) is 19.0. The van der Waals surface area contributed by atoms with Crippen molar-refractivity contribution < 1.29 is 33.8 Å². The van der Waals surface area contributed by atoms with Crippen molar-refractivity contribution in [1.82, 2.24) is 9.55 Å². The second-order valence-electron chi connectivity index (χ2n) is 21.4. The first kappa shape index (κ1) is 44.8. The molecule has 2 heterocycles. The van der Waals surface area contributed by atoms with E-state index in [2.05, 4.69) is 74.7 Å². The molecule has 5 aliphatic carbocycles. The highest BCUT2D eigenvalue weighted by Gasteiger charge is 2.69. The van der Waals surface area contributed by atoms with Gasteiger partial charge in [-0.15, -0.1) is 0 Å². The Labute approximate surface area is 358 Å². The van der Waals surface area contributed by atoms with Crippen LogP contribution in [-0.2, 0) is 28.7 Å². The number of aromatic nitrogens is 2. The maximum absolute atomic E-state index is 13.0. The third-order valence-electron chi connectivity index (χ3n) is 17.4. The summed E-state index contributed by atoms with van der Waals surface area (Å²) < 4.78 is 12.6. The molecule has 0 amide bonds. The number of carbonyl (C=O) groups excluding carboxylic acids is 2. The summed E-state index contributed by atoms with van der Waals surface area (Å²) in [5.41, 5.74) is 9.81. The Bertz CT molecular complexity index is 2170. The Kier molecular flexibility index (Phi) is 11.9. The van der Waals surface area contributed by atoms with Crippen molar-refractivity contribution in [2.45, 2.75) is 170 Å². The number of aryl methyl sites for hydroxylation is 1. The van der Waals surface area contributed by atoms with Crippen LogP contribution in [0.3, 0.4) is 0 Å². The summed E-state index contributed by atoms with van der Waals surface area (Å²) >= 11 is 0. The third kappa shape index (κ3) is 7.69. The Morgan fingerprint density at radius 3 is 2.39 bits per heavy atom. The molecule has 0 radical (unpaired) electrons. The number of hydrogen-bond acceptors (Lipinski definition) is 10. The summed E-state index contributed by atoms with van der Waals surface area (Å²) in [5.74, 6) is -0.669. The monoisotopic (exact) mass is 846 g/mol. The van der Waals surface area contributed by atoms with Crippen LogP contribution in [0.5, 0.6) is 0 Å². The number of carbonyl (C=O) groups is 3. The molecular weight excluding hydrogens is 781 g/mol. The highest BCUT2D eigenvalue weighted by Crippen LogP contribution is 2.75. The minimum absolute atomic E-state index is 0.0454. The van der Waals surface area contributed by atoms with Crippen LogP contribution in [0.1, 0.15) is 157 Å². The quantitative estimate of drug-likeness (QED) is 0.0318. The van der Waals surface area contributed by atoms with E-state index < -0.39 is 52.9 Å². The number of nitrogens with zero attached hydrogens (tertiary/aromatic N) is 5. The zero-order valence-electron chi connectivity index (χ0n) is 37.4. The van der Waals surface area contributed by atoms with Crippen LogP contribution in [0.4, 0.5) is 0 Å². The van der Waals surface area contributed by atoms with Crippen molar-refractivity contribution in [3.05, 3.63) is 54.7 Å². The summed E-state index contributed by atoms with van der Waals surface area (Å²) in [4.78, 5) is 73.4. The number of carboxylic acids is 1. The largest absolute Gasteiger partial charge is 0.481 e. The lowest BCUT2D eigenvalue weighted by molar-refractivity contribution is -0.179. The lowest BCUT2D eigenvalue weighted by atomic mass is 9.33. The lowest BCUT2D eigenvalue weighted by Crippen LogP contribution is -2.64. The number of ether oxygens (including phenoxy) is 2. The Hall–Kier alpha value is -4.23. The van der Waals surface area contributed by atoms with Crippen molar-refractivity contribution >= 4 is 23.6 Å². The van der Waals surface area contributed by atoms with Gasteiger partial charge in [0.25, 0.3) is 5.56 Å². The maximum atomic E-state index is 13.0. The second-order valence-corrected chi connectivity index (χ2v) is 21.4. The smallest absolute Gasteiger partial charge is 0.335 e. The molecule has 2 N–H and O–H groups in total. The number of unbranched alkanes of at least 4 members (excludes halogenated alkanes) is 1. The fourth-order valence-electron chi connectivity index (χ4n) is 13.6. The van der Waals surface area contributed by atoms with Crippen molar-refractivity contribution in [3.63, 3.8) is 0 Å². The van der Waals surface area contributed by atoms with Gasteiger partial charge in [-0.25, -0.2) is 9.59 Å². The molecule has 4 saturated carbocycles. The van der Waals surface area contributed by atoms with E-state index in [1.807, 2.05) is 0 Å². The number of hydrogen-bond donors (Lipinski definition) is 2. The predicted molar refractivity (Wildman–Crippen MR) is 227 cm³/mol. The molecule has 1 aromatic heterocycles. The van der Waals surface area contributed by atoms with E-state index in [0.717, 1.165) is 69.9 Å². The average molecular weight is 847 g/mol. The van der Waals surface area contributed by atoms with Crippen LogP contribution in [0.15, 0.2) is 37.7 Å². The molecule has 0 aromatic carbocycles. The number of H-pyrrole nitrogens is 1. The summed E-state index contributed by atoms with van der Waals surface area (Å²) in [6.45, 7) is 18.0. The molecule has 0 unspecified atom stereocenters. The molecule has 334 valence electrons. The molecule has 1 aromatic rings. The van der Waals surface area contributed by atoms with Gasteiger partial charge < -0.3 is 19.4 Å². The second kappa shape index (κ2) is 16.2. The molecule has 6 aliphatic rings. The van der Waals surface area contributed by atoms with E-state index in [0.29, 0.717) is 30.2 Å². The Morgan fingerprint density at radius 1 is 0.984 bits per heavy atom. The van der Waals surface area contributed by atoms with Crippen LogP contribution in [0.25, 0.3) is 10.4 Å². The molecule has 15 nitrogen and oxygen atoms in total. The minimum atomic E-state index is -0.809. The molecule has 61 heavy (non-hydrogen) atoms. The number of aliphatic carboxylic acids is 1. The molecule has 0 bridgehead atoms. The zero-order chi connectivity index (χ0) is 44.3. The number of azide groups is 1. The maximum Gasteiger partial charge on any atom is 0.335 e. The van der Waals surface area contributed by atoms with E-state index in [9.17, 15) is 29.1 Å². The third-order valence-corrected chi connectivity index (χ3v) is 17.4. The van der Waals surface area contributed by atoms with Gasteiger partial charge in [0.1, 0.15) is 18.9 Å². The van der Waals surface area contributed by atoms with Crippen LogP contribution in [-0.4, -0.2) is 57.0 Å². The molecule has 5 fully saturated rings. The van der Waals surface area contributed by atoms with Gasteiger partial charge >= 0.3 is 23.6 Å². The van der Waals surface area contributed by atoms with Crippen molar-refractivity contribution in [2.75, 3.05) is 6.61 Å². The SMILES string of the molecule is Cc1cn([C@H]2C[C@H](N=[N+]=[N-])[C@@H](COC(=O)CCCCC(=O)O/N=C3/CC[C@]4(C)[C@H]5CC=C6[C@@H]7CC(C)(C)CC[C@]7(C(=O)O)CC[C@@]6(C)[C@]5(C)CC[C@H]4C3(C)C)O2)c(=O)[nH]c1=O. The number of aromatic amines is 1. The molecule has 7 rings (SSSR count). The zero-order valence-corrected chi connectivity index (χ0v) is 37.4. The predicted octanol–water partition coefficient (Wildman–Crippen LogP) is 8.70. The van der Waals surface area contributed by atoms with E-state index in [1.165, 1.54) is 16.3 Å². The van der Waals surface area contributed by atoms with Gasteiger partial charge in [-0.2, -0.15) is 0 Å². The first-order valence-electron chi connectivity index (χ1n) is 22.5.